The molecule has 0 bridgehead atoms. The summed E-state index contributed by atoms with van der Waals surface area (Å²) in [4.78, 5) is 13.4. The minimum absolute atomic E-state index is 0.454. The highest BCUT2D eigenvalue weighted by Gasteiger charge is 2.29. The number of fused-ring (bicyclic) bond motifs is 3. The number of hydrogen-bond acceptors (Lipinski definition) is 3. The van der Waals surface area contributed by atoms with Gasteiger partial charge in [0.2, 0.25) is 0 Å². The van der Waals surface area contributed by atoms with E-state index < -0.39 is 0 Å². The van der Waals surface area contributed by atoms with Crippen molar-refractivity contribution in [3.63, 3.8) is 0 Å². The lowest BCUT2D eigenvalue weighted by molar-refractivity contribution is 0.666. The molecule has 0 fully saturated rings. The Morgan fingerprint density at radius 1 is 1.26 bits per heavy atom. The van der Waals surface area contributed by atoms with Gasteiger partial charge in [0.1, 0.15) is 11.0 Å². The first kappa shape index (κ1) is 12.6. The first-order chi connectivity index (χ1) is 9.22. The van der Waals surface area contributed by atoms with E-state index in [0.717, 1.165) is 48.5 Å². The van der Waals surface area contributed by atoms with Gasteiger partial charge >= 0.3 is 0 Å². The summed E-state index contributed by atoms with van der Waals surface area (Å²) in [5.41, 5.74) is 10.2. The van der Waals surface area contributed by atoms with Crippen LogP contribution in [0.3, 0.4) is 0 Å². The lowest BCUT2D eigenvalue weighted by atomic mass is 9.90. The van der Waals surface area contributed by atoms with Crippen LogP contribution in [0.2, 0.25) is 5.15 Å². The summed E-state index contributed by atoms with van der Waals surface area (Å²) in [5, 5.41) is 0.471. The highest BCUT2D eigenvalue weighted by atomic mass is 35.5. The molecule has 3 rings (SSSR count). The molecule has 4 nitrogen and oxygen atoms in total. The van der Waals surface area contributed by atoms with Crippen LogP contribution in [0.25, 0.3) is 0 Å². The van der Waals surface area contributed by atoms with Crippen LogP contribution in [-0.2, 0) is 12.8 Å². The molecule has 5 heteroatoms. The van der Waals surface area contributed by atoms with Gasteiger partial charge in [-0.2, -0.15) is 0 Å². The SMILES string of the molecule is CCCN=C1N=C(N)c2c(Cl)nc3c(c21)CCCC3. The molecule has 0 atom stereocenters. The molecule has 1 aromatic rings. The van der Waals surface area contributed by atoms with E-state index in [1.54, 1.807) is 0 Å². The van der Waals surface area contributed by atoms with Gasteiger partial charge in [-0.25, -0.2) is 9.98 Å². The van der Waals surface area contributed by atoms with E-state index in [4.69, 9.17) is 17.3 Å². The van der Waals surface area contributed by atoms with Crippen LogP contribution in [0.4, 0.5) is 0 Å². The zero-order valence-electron chi connectivity index (χ0n) is 11.0. The Kier molecular flexibility index (Phi) is 3.27. The summed E-state index contributed by atoms with van der Waals surface area (Å²) >= 11 is 6.27. The monoisotopic (exact) mass is 276 g/mol. The van der Waals surface area contributed by atoms with Crippen LogP contribution in [0, 0.1) is 0 Å². The van der Waals surface area contributed by atoms with Crippen molar-refractivity contribution >= 4 is 23.3 Å². The number of nitrogens with two attached hydrogens (primary N) is 1. The fraction of sp³-hybridized carbons (Fsp3) is 0.500. The van der Waals surface area contributed by atoms with E-state index in [0.29, 0.717) is 11.0 Å². The van der Waals surface area contributed by atoms with E-state index in [9.17, 15) is 0 Å². The Hall–Kier alpha value is -1.42. The molecule has 0 unspecified atom stereocenters. The molecule has 1 aliphatic carbocycles. The van der Waals surface area contributed by atoms with Gasteiger partial charge in [-0.05, 0) is 37.7 Å². The second-order valence-electron chi connectivity index (χ2n) is 4.99. The normalized spacial score (nSPS) is 19.3. The third-order valence-corrected chi connectivity index (χ3v) is 3.89. The number of halogens is 1. The summed E-state index contributed by atoms with van der Waals surface area (Å²) in [7, 11) is 0. The van der Waals surface area contributed by atoms with Gasteiger partial charge in [0.15, 0.2) is 5.84 Å². The fourth-order valence-electron chi connectivity index (χ4n) is 2.75. The second-order valence-corrected chi connectivity index (χ2v) is 5.35. The van der Waals surface area contributed by atoms with E-state index >= 15 is 0 Å². The third kappa shape index (κ3) is 2.04. The number of aliphatic imine (C=N–C) groups is 2. The summed E-state index contributed by atoms with van der Waals surface area (Å²) in [6.45, 7) is 2.86. The molecule has 0 saturated heterocycles. The Morgan fingerprint density at radius 2 is 2.05 bits per heavy atom. The maximum atomic E-state index is 6.27. The Morgan fingerprint density at radius 3 is 2.84 bits per heavy atom. The van der Waals surface area contributed by atoms with E-state index in [-0.39, 0.29) is 0 Å². The molecular formula is C14H17ClN4. The lowest BCUT2D eigenvalue weighted by Gasteiger charge is -2.19. The number of rotatable bonds is 2. The number of amidine groups is 2. The van der Waals surface area contributed by atoms with E-state index in [1.165, 1.54) is 18.4 Å². The average molecular weight is 277 g/mol. The van der Waals surface area contributed by atoms with Crippen molar-refractivity contribution in [3.8, 4) is 0 Å². The maximum Gasteiger partial charge on any atom is 0.158 e. The summed E-state index contributed by atoms with van der Waals surface area (Å²) in [6.07, 6.45) is 5.37. The van der Waals surface area contributed by atoms with Crippen LogP contribution in [0.15, 0.2) is 9.98 Å². The average Bonchev–Trinajstić information content (AvgIpc) is 2.74. The molecule has 0 aromatic carbocycles. The molecule has 2 N–H and O–H groups in total. The minimum Gasteiger partial charge on any atom is -0.383 e. The molecule has 100 valence electrons. The van der Waals surface area contributed by atoms with Gasteiger partial charge in [0.05, 0.1) is 5.56 Å². The minimum atomic E-state index is 0.454. The second kappa shape index (κ2) is 4.93. The number of aromatic nitrogens is 1. The maximum absolute atomic E-state index is 6.27. The molecule has 1 aliphatic heterocycles. The van der Waals surface area contributed by atoms with Crippen molar-refractivity contribution in [1.82, 2.24) is 4.98 Å². The Balaban J connectivity index is 2.20. The molecule has 0 radical (unpaired) electrons. The summed E-state index contributed by atoms with van der Waals surface area (Å²) in [5.74, 6) is 1.20. The van der Waals surface area contributed by atoms with Crippen LogP contribution in [-0.4, -0.2) is 23.2 Å². The first-order valence-electron chi connectivity index (χ1n) is 6.83. The van der Waals surface area contributed by atoms with Crippen LogP contribution in [0.1, 0.15) is 48.6 Å². The number of nitrogens with zero attached hydrogens (tertiary/aromatic N) is 3. The highest BCUT2D eigenvalue weighted by molar-refractivity contribution is 6.36. The number of hydrogen-bond donors (Lipinski definition) is 1. The summed E-state index contributed by atoms with van der Waals surface area (Å²) in [6, 6.07) is 0. The Labute approximate surface area is 117 Å². The van der Waals surface area contributed by atoms with Crippen molar-refractivity contribution in [1.29, 1.82) is 0 Å². The molecule has 1 aromatic heterocycles. The van der Waals surface area contributed by atoms with Crippen LogP contribution >= 0.6 is 11.6 Å². The van der Waals surface area contributed by atoms with Crippen LogP contribution < -0.4 is 5.73 Å². The summed E-state index contributed by atoms with van der Waals surface area (Å²) < 4.78 is 0. The first-order valence-corrected chi connectivity index (χ1v) is 7.20. The van der Waals surface area contributed by atoms with Gasteiger partial charge in [0.25, 0.3) is 0 Å². The van der Waals surface area contributed by atoms with Gasteiger partial charge in [-0.1, -0.05) is 18.5 Å². The molecular weight excluding hydrogens is 260 g/mol. The molecule has 2 aliphatic rings. The van der Waals surface area contributed by atoms with E-state index in [2.05, 4.69) is 21.9 Å². The van der Waals surface area contributed by atoms with Crippen molar-refractivity contribution in [2.24, 2.45) is 15.7 Å². The predicted molar refractivity (Wildman–Crippen MR) is 78.3 cm³/mol. The van der Waals surface area contributed by atoms with Crippen molar-refractivity contribution < 1.29 is 0 Å². The van der Waals surface area contributed by atoms with Gasteiger partial charge in [0, 0.05) is 17.8 Å². The smallest absolute Gasteiger partial charge is 0.158 e. The van der Waals surface area contributed by atoms with Crippen molar-refractivity contribution in [3.05, 3.63) is 27.5 Å². The lowest BCUT2D eigenvalue weighted by Crippen LogP contribution is -2.16. The molecule has 0 amide bonds. The van der Waals surface area contributed by atoms with Gasteiger partial charge in [-0.3, -0.25) is 4.99 Å². The van der Waals surface area contributed by atoms with Gasteiger partial charge in [-0.15, -0.1) is 0 Å². The molecule has 0 saturated carbocycles. The zero-order chi connectivity index (χ0) is 13.4. The highest BCUT2D eigenvalue weighted by Crippen LogP contribution is 2.33. The number of pyridine rings is 1. The van der Waals surface area contributed by atoms with Crippen molar-refractivity contribution in [2.75, 3.05) is 6.54 Å². The quantitative estimate of drug-likeness (QED) is 0.844. The number of aryl methyl sites for hydroxylation is 1. The van der Waals surface area contributed by atoms with Crippen LogP contribution in [0.5, 0.6) is 0 Å². The molecule has 2 heterocycles. The standard InChI is InChI=1S/C14H17ClN4/c1-2-7-17-14-10-8-5-3-4-6-9(8)18-12(15)11(10)13(16)19-14/h2-7H2,1H3,(H2,16,17,19). The molecule has 19 heavy (non-hydrogen) atoms. The molecule has 0 spiro atoms. The van der Waals surface area contributed by atoms with E-state index in [1.807, 2.05) is 0 Å². The van der Waals surface area contributed by atoms with Crippen molar-refractivity contribution in [2.45, 2.75) is 39.0 Å². The zero-order valence-corrected chi connectivity index (χ0v) is 11.8. The predicted octanol–water partition coefficient (Wildman–Crippen LogP) is 2.49. The largest absolute Gasteiger partial charge is 0.383 e. The van der Waals surface area contributed by atoms with Gasteiger partial charge < -0.3 is 5.73 Å². The fourth-order valence-corrected chi connectivity index (χ4v) is 3.04. The third-order valence-electron chi connectivity index (χ3n) is 3.62. The topological polar surface area (TPSA) is 63.6 Å². The Bertz CT molecular complexity index is 590.